The molecule has 0 heterocycles. The van der Waals surface area contributed by atoms with E-state index in [1.54, 1.807) is 12.1 Å². The minimum Gasteiger partial charge on any atom is -0.272 e. The lowest BCUT2D eigenvalue weighted by Gasteiger charge is -2.08. The van der Waals surface area contributed by atoms with E-state index >= 15 is 0 Å². The zero-order valence-corrected chi connectivity index (χ0v) is 11.1. The fraction of sp³-hybridized carbons (Fsp3) is 0.133. The van der Waals surface area contributed by atoms with Gasteiger partial charge in [-0.3, -0.25) is 5.43 Å². The maximum absolute atomic E-state index is 13.5. The van der Waals surface area contributed by atoms with E-state index in [2.05, 4.69) is 5.10 Å². The number of nitrogens with zero attached hydrogens (tertiary/aromatic N) is 1. The first-order valence-electron chi connectivity index (χ1n) is 6.43. The Morgan fingerprint density at radius 2 is 1.36 bits per heavy atom. The number of halogens is 5. The third-order valence-electron chi connectivity index (χ3n) is 3.47. The van der Waals surface area contributed by atoms with Crippen LogP contribution in [0.1, 0.15) is 17.5 Å². The fourth-order valence-electron chi connectivity index (χ4n) is 2.35. The van der Waals surface area contributed by atoms with Gasteiger partial charge in [0.2, 0.25) is 5.82 Å². The van der Waals surface area contributed by atoms with Gasteiger partial charge in [0.05, 0.1) is 5.71 Å². The van der Waals surface area contributed by atoms with E-state index in [1.165, 1.54) is 0 Å². The minimum absolute atomic E-state index is 0.500. The van der Waals surface area contributed by atoms with Crippen molar-refractivity contribution in [2.75, 3.05) is 5.43 Å². The van der Waals surface area contributed by atoms with Crippen LogP contribution in [0.2, 0.25) is 0 Å². The molecule has 1 N–H and O–H groups in total. The average Bonchev–Trinajstić information content (AvgIpc) is 2.94. The highest BCUT2D eigenvalue weighted by atomic mass is 19.2. The number of fused-ring (bicyclic) bond motifs is 1. The van der Waals surface area contributed by atoms with Crippen molar-refractivity contribution in [3.05, 3.63) is 64.5 Å². The normalized spacial score (nSPS) is 15.2. The maximum Gasteiger partial charge on any atom is 0.200 e. The SMILES string of the molecule is Fc1c(F)c(F)c(N/N=C2/CCc3ccccc32)c(F)c1F. The molecular formula is C15H9F5N2. The lowest BCUT2D eigenvalue weighted by atomic mass is 10.1. The number of anilines is 1. The molecule has 0 radical (unpaired) electrons. The van der Waals surface area contributed by atoms with E-state index in [9.17, 15) is 22.0 Å². The summed E-state index contributed by atoms with van der Waals surface area (Å²) in [5.41, 5.74) is 3.11. The summed E-state index contributed by atoms with van der Waals surface area (Å²) in [4.78, 5) is 0. The van der Waals surface area contributed by atoms with Crippen molar-refractivity contribution < 1.29 is 22.0 Å². The van der Waals surface area contributed by atoms with Gasteiger partial charge < -0.3 is 0 Å². The molecule has 2 aromatic rings. The van der Waals surface area contributed by atoms with Gasteiger partial charge in [0.25, 0.3) is 0 Å². The van der Waals surface area contributed by atoms with Crippen molar-refractivity contribution >= 4 is 11.4 Å². The Morgan fingerprint density at radius 1 is 0.773 bits per heavy atom. The second kappa shape index (κ2) is 5.40. The van der Waals surface area contributed by atoms with Crippen LogP contribution in [0.15, 0.2) is 29.4 Å². The van der Waals surface area contributed by atoms with Crippen LogP contribution in [0.4, 0.5) is 27.6 Å². The van der Waals surface area contributed by atoms with Gasteiger partial charge in [-0.25, -0.2) is 22.0 Å². The molecule has 0 spiro atoms. The predicted molar refractivity (Wildman–Crippen MR) is 71.2 cm³/mol. The molecule has 22 heavy (non-hydrogen) atoms. The van der Waals surface area contributed by atoms with Crippen molar-refractivity contribution in [2.45, 2.75) is 12.8 Å². The van der Waals surface area contributed by atoms with Crippen LogP contribution in [0.5, 0.6) is 0 Å². The highest BCUT2D eigenvalue weighted by Gasteiger charge is 2.26. The molecule has 2 nitrogen and oxygen atoms in total. The number of hydrogen-bond acceptors (Lipinski definition) is 2. The number of hydrogen-bond donors (Lipinski definition) is 1. The first-order valence-corrected chi connectivity index (χ1v) is 6.43. The standard InChI is InChI=1S/C15H9F5N2/c16-10-11(17)13(19)15(14(20)12(10)18)22-21-9-6-5-7-3-1-2-4-8(7)9/h1-4,22H,5-6H2/b21-9-. The largest absolute Gasteiger partial charge is 0.272 e. The van der Waals surface area contributed by atoms with Crippen molar-refractivity contribution in [1.82, 2.24) is 0 Å². The number of hydrazone groups is 1. The van der Waals surface area contributed by atoms with E-state index in [4.69, 9.17) is 0 Å². The summed E-state index contributed by atoms with van der Waals surface area (Å²) < 4.78 is 66.2. The summed E-state index contributed by atoms with van der Waals surface area (Å²) in [6.07, 6.45) is 1.22. The van der Waals surface area contributed by atoms with Gasteiger partial charge in [-0.15, -0.1) is 0 Å². The minimum atomic E-state index is -2.19. The Balaban J connectivity index is 1.98. The highest BCUT2D eigenvalue weighted by Crippen LogP contribution is 2.28. The summed E-state index contributed by atoms with van der Waals surface area (Å²) in [6.45, 7) is 0. The summed E-state index contributed by atoms with van der Waals surface area (Å²) in [6, 6.07) is 7.29. The van der Waals surface area contributed by atoms with Gasteiger partial charge in [0.15, 0.2) is 23.3 Å². The predicted octanol–water partition coefficient (Wildman–Crippen LogP) is 4.14. The number of benzene rings is 2. The molecule has 0 saturated heterocycles. The highest BCUT2D eigenvalue weighted by molar-refractivity contribution is 6.04. The summed E-state index contributed by atoms with van der Waals surface area (Å²) in [5, 5.41) is 3.80. The van der Waals surface area contributed by atoms with Gasteiger partial charge in [-0.1, -0.05) is 24.3 Å². The summed E-state index contributed by atoms with van der Waals surface area (Å²) in [7, 11) is 0. The molecule has 7 heteroatoms. The van der Waals surface area contributed by atoms with Crippen LogP contribution < -0.4 is 5.43 Å². The van der Waals surface area contributed by atoms with E-state index in [-0.39, 0.29) is 0 Å². The maximum atomic E-state index is 13.5. The van der Waals surface area contributed by atoms with Crippen LogP contribution in [0, 0.1) is 29.1 Å². The second-order valence-electron chi connectivity index (χ2n) is 4.77. The molecule has 0 bridgehead atoms. The van der Waals surface area contributed by atoms with Crippen molar-refractivity contribution in [3.63, 3.8) is 0 Å². The van der Waals surface area contributed by atoms with Crippen molar-refractivity contribution in [2.24, 2.45) is 5.10 Å². The Kier molecular flexibility index (Phi) is 3.56. The zero-order valence-electron chi connectivity index (χ0n) is 11.1. The van der Waals surface area contributed by atoms with Crippen LogP contribution >= 0.6 is 0 Å². The van der Waals surface area contributed by atoms with E-state index in [0.29, 0.717) is 18.6 Å². The molecule has 0 aliphatic heterocycles. The monoisotopic (exact) mass is 312 g/mol. The van der Waals surface area contributed by atoms with E-state index < -0.39 is 34.8 Å². The van der Waals surface area contributed by atoms with Gasteiger partial charge in [0, 0.05) is 5.56 Å². The molecular weight excluding hydrogens is 303 g/mol. The number of nitrogens with one attached hydrogen (secondary N) is 1. The quantitative estimate of drug-likeness (QED) is 0.383. The van der Waals surface area contributed by atoms with Crippen LogP contribution in [-0.2, 0) is 6.42 Å². The van der Waals surface area contributed by atoms with Gasteiger partial charge in [0.1, 0.15) is 5.69 Å². The third kappa shape index (κ3) is 2.22. The van der Waals surface area contributed by atoms with Crippen molar-refractivity contribution in [3.8, 4) is 0 Å². The van der Waals surface area contributed by atoms with Gasteiger partial charge in [-0.2, -0.15) is 5.10 Å². The molecule has 1 aliphatic carbocycles. The lowest BCUT2D eigenvalue weighted by molar-refractivity contribution is 0.381. The Labute approximate surface area is 122 Å². The van der Waals surface area contributed by atoms with Crippen LogP contribution in [0.25, 0.3) is 0 Å². The lowest BCUT2D eigenvalue weighted by Crippen LogP contribution is -2.08. The molecule has 0 atom stereocenters. The topological polar surface area (TPSA) is 24.4 Å². The smallest absolute Gasteiger partial charge is 0.200 e. The first-order chi connectivity index (χ1) is 10.5. The van der Waals surface area contributed by atoms with Gasteiger partial charge in [-0.05, 0) is 18.4 Å². The summed E-state index contributed by atoms with van der Waals surface area (Å²) >= 11 is 0. The van der Waals surface area contributed by atoms with Gasteiger partial charge >= 0.3 is 0 Å². The molecule has 0 saturated carbocycles. The van der Waals surface area contributed by atoms with Crippen LogP contribution in [0.3, 0.4) is 0 Å². The third-order valence-corrected chi connectivity index (χ3v) is 3.47. The molecule has 0 unspecified atom stereocenters. The summed E-state index contributed by atoms with van der Waals surface area (Å²) in [5.74, 6) is -10.1. The molecule has 1 aliphatic rings. The van der Waals surface area contributed by atoms with E-state index in [0.717, 1.165) is 11.1 Å². The fourth-order valence-corrected chi connectivity index (χ4v) is 2.35. The first kappa shape index (κ1) is 14.5. The molecule has 3 rings (SSSR count). The zero-order chi connectivity index (χ0) is 15.9. The molecule has 0 amide bonds. The number of aryl methyl sites for hydroxylation is 1. The average molecular weight is 312 g/mol. The van der Waals surface area contributed by atoms with Crippen LogP contribution in [-0.4, -0.2) is 5.71 Å². The molecule has 0 aromatic heterocycles. The molecule has 2 aromatic carbocycles. The molecule has 114 valence electrons. The van der Waals surface area contributed by atoms with Crippen molar-refractivity contribution in [1.29, 1.82) is 0 Å². The Morgan fingerprint density at radius 3 is 2.05 bits per heavy atom. The number of rotatable bonds is 2. The molecule has 0 fully saturated rings. The van der Waals surface area contributed by atoms with E-state index in [1.807, 2.05) is 17.6 Å². The Bertz CT molecular complexity index is 757. The Hall–Kier alpha value is -2.44. The second-order valence-corrected chi connectivity index (χ2v) is 4.77.